The van der Waals surface area contributed by atoms with Crippen LogP contribution in [0.15, 0.2) is 0 Å². The molecule has 1 saturated carbocycles. The van der Waals surface area contributed by atoms with Gasteiger partial charge in [-0.05, 0) is 33.6 Å². The van der Waals surface area contributed by atoms with Crippen LogP contribution in [0, 0.1) is 11.3 Å². The first-order valence-corrected chi connectivity index (χ1v) is 5.94. The van der Waals surface area contributed by atoms with Gasteiger partial charge < -0.3 is 14.7 Å². The molecule has 1 aliphatic heterocycles. The van der Waals surface area contributed by atoms with Gasteiger partial charge in [-0.25, -0.2) is 4.79 Å². The van der Waals surface area contributed by atoms with Gasteiger partial charge in [-0.3, -0.25) is 4.79 Å². The number of likely N-dealkylation sites (tertiary alicyclic amines) is 1. The van der Waals surface area contributed by atoms with Gasteiger partial charge in [-0.2, -0.15) is 0 Å². The highest BCUT2D eigenvalue weighted by molar-refractivity contribution is 5.75. The molecule has 0 aromatic carbocycles. The van der Waals surface area contributed by atoms with Gasteiger partial charge in [0, 0.05) is 18.5 Å². The molecule has 1 saturated heterocycles. The molecule has 0 bridgehead atoms. The van der Waals surface area contributed by atoms with Crippen LogP contribution in [0.5, 0.6) is 0 Å². The molecule has 0 aromatic rings. The maximum atomic E-state index is 11.7. The summed E-state index contributed by atoms with van der Waals surface area (Å²) in [6.07, 6.45) is 1.31. The Labute approximate surface area is 101 Å². The van der Waals surface area contributed by atoms with Gasteiger partial charge in [-0.15, -0.1) is 0 Å². The highest BCUT2D eigenvalue weighted by Crippen LogP contribution is 2.53. The summed E-state index contributed by atoms with van der Waals surface area (Å²) in [5, 5.41) is 9.01. The van der Waals surface area contributed by atoms with E-state index in [2.05, 4.69) is 0 Å². The first-order valence-electron chi connectivity index (χ1n) is 5.94. The number of amides is 1. The molecule has 2 aliphatic rings. The smallest absolute Gasteiger partial charge is 0.410 e. The Bertz CT molecular complexity index is 352. The quantitative estimate of drug-likeness (QED) is 0.759. The van der Waals surface area contributed by atoms with Gasteiger partial charge in [0.1, 0.15) is 5.60 Å². The van der Waals surface area contributed by atoms with Crippen molar-refractivity contribution in [2.75, 3.05) is 13.1 Å². The number of carbonyl (C=O) groups excluding carboxylic acids is 1. The minimum absolute atomic E-state index is 0.164. The number of nitrogens with zero attached hydrogens (tertiary/aromatic N) is 1. The van der Waals surface area contributed by atoms with E-state index in [1.807, 2.05) is 20.8 Å². The van der Waals surface area contributed by atoms with Crippen LogP contribution < -0.4 is 0 Å². The number of carboxylic acid groups (broad SMARTS) is 1. The van der Waals surface area contributed by atoms with Crippen LogP contribution in [-0.2, 0) is 9.53 Å². The lowest BCUT2D eigenvalue weighted by Crippen LogP contribution is -2.67. The van der Waals surface area contributed by atoms with E-state index in [0.717, 1.165) is 12.8 Å². The average molecular weight is 241 g/mol. The zero-order valence-electron chi connectivity index (χ0n) is 10.5. The van der Waals surface area contributed by atoms with E-state index in [9.17, 15) is 9.59 Å². The van der Waals surface area contributed by atoms with Crippen molar-refractivity contribution in [2.45, 2.75) is 39.2 Å². The molecule has 17 heavy (non-hydrogen) atoms. The molecule has 1 heterocycles. The fraction of sp³-hybridized carbons (Fsp3) is 0.833. The molecule has 0 unspecified atom stereocenters. The Morgan fingerprint density at radius 1 is 1.35 bits per heavy atom. The Balaban J connectivity index is 1.87. The molecule has 1 amide bonds. The van der Waals surface area contributed by atoms with Crippen molar-refractivity contribution in [3.05, 3.63) is 0 Å². The van der Waals surface area contributed by atoms with E-state index in [1.54, 1.807) is 4.90 Å². The van der Waals surface area contributed by atoms with Crippen molar-refractivity contribution >= 4 is 12.1 Å². The Morgan fingerprint density at radius 2 is 1.94 bits per heavy atom. The fourth-order valence-electron chi connectivity index (χ4n) is 2.63. The summed E-state index contributed by atoms with van der Waals surface area (Å²) in [5.41, 5.74) is -0.658. The summed E-state index contributed by atoms with van der Waals surface area (Å²) in [6.45, 7) is 6.52. The summed E-state index contributed by atoms with van der Waals surface area (Å²) >= 11 is 0. The first kappa shape index (κ1) is 12.2. The van der Waals surface area contributed by atoms with E-state index in [0.29, 0.717) is 13.1 Å². The third kappa shape index (κ3) is 2.10. The summed E-state index contributed by atoms with van der Waals surface area (Å²) in [5.74, 6) is -1.01. The van der Waals surface area contributed by atoms with Crippen LogP contribution in [0.4, 0.5) is 4.79 Å². The van der Waals surface area contributed by atoms with E-state index in [1.165, 1.54) is 0 Å². The summed E-state index contributed by atoms with van der Waals surface area (Å²) in [6, 6.07) is 0. The summed E-state index contributed by atoms with van der Waals surface area (Å²) < 4.78 is 5.24. The zero-order valence-corrected chi connectivity index (χ0v) is 10.5. The molecule has 5 heteroatoms. The molecule has 2 rings (SSSR count). The van der Waals surface area contributed by atoms with Crippen LogP contribution in [0.3, 0.4) is 0 Å². The number of carbonyl (C=O) groups is 2. The first-order chi connectivity index (χ1) is 7.73. The second kappa shape index (κ2) is 3.62. The van der Waals surface area contributed by atoms with Crippen LogP contribution >= 0.6 is 0 Å². The molecule has 0 radical (unpaired) electrons. The largest absolute Gasteiger partial charge is 0.481 e. The molecule has 5 nitrogen and oxygen atoms in total. The van der Waals surface area contributed by atoms with E-state index >= 15 is 0 Å². The van der Waals surface area contributed by atoms with Crippen LogP contribution in [-0.4, -0.2) is 40.8 Å². The van der Waals surface area contributed by atoms with Gasteiger partial charge in [0.05, 0.1) is 5.92 Å². The predicted molar refractivity (Wildman–Crippen MR) is 60.6 cm³/mol. The molecule has 1 spiro atoms. The zero-order chi connectivity index (χ0) is 12.8. The molecular weight excluding hydrogens is 222 g/mol. The fourth-order valence-corrected chi connectivity index (χ4v) is 2.63. The number of aliphatic carboxylic acids is 1. The van der Waals surface area contributed by atoms with Crippen molar-refractivity contribution in [2.24, 2.45) is 11.3 Å². The maximum absolute atomic E-state index is 11.7. The minimum Gasteiger partial charge on any atom is -0.481 e. The molecule has 0 aromatic heterocycles. The molecule has 1 N–H and O–H groups in total. The summed E-state index contributed by atoms with van der Waals surface area (Å²) in [4.78, 5) is 24.3. The van der Waals surface area contributed by atoms with Crippen molar-refractivity contribution in [3.63, 3.8) is 0 Å². The van der Waals surface area contributed by atoms with Crippen molar-refractivity contribution < 1.29 is 19.4 Å². The molecule has 96 valence electrons. The van der Waals surface area contributed by atoms with E-state index < -0.39 is 11.6 Å². The van der Waals surface area contributed by atoms with Gasteiger partial charge in [-0.1, -0.05) is 0 Å². The van der Waals surface area contributed by atoms with Crippen LogP contribution in [0.25, 0.3) is 0 Å². The Morgan fingerprint density at radius 3 is 2.29 bits per heavy atom. The number of carboxylic acids is 1. The van der Waals surface area contributed by atoms with Gasteiger partial charge in [0.25, 0.3) is 0 Å². The Kier molecular flexibility index (Phi) is 2.60. The van der Waals surface area contributed by atoms with E-state index in [4.69, 9.17) is 9.84 Å². The number of rotatable bonds is 1. The number of hydrogen-bond donors (Lipinski definition) is 1. The lowest BCUT2D eigenvalue weighted by molar-refractivity contribution is -0.169. The van der Waals surface area contributed by atoms with Gasteiger partial charge >= 0.3 is 12.1 Å². The lowest BCUT2D eigenvalue weighted by Gasteiger charge is -2.58. The number of ether oxygens (including phenoxy) is 1. The standard InChI is InChI=1S/C12H19NO4/c1-11(2,3)17-10(16)13-6-12(7-13)5-4-8(12)9(14)15/h8H,4-7H2,1-3H3,(H,14,15)/t8-/m0/s1. The van der Waals surface area contributed by atoms with Gasteiger partial charge in [0.15, 0.2) is 0 Å². The topological polar surface area (TPSA) is 66.8 Å². The minimum atomic E-state index is -0.736. The SMILES string of the molecule is CC(C)(C)OC(=O)N1CC2(CC[C@H]2C(=O)O)C1. The third-order valence-electron chi connectivity index (χ3n) is 3.63. The van der Waals surface area contributed by atoms with E-state index in [-0.39, 0.29) is 17.4 Å². The second-order valence-corrected chi connectivity index (χ2v) is 6.13. The van der Waals surface area contributed by atoms with Crippen LogP contribution in [0.2, 0.25) is 0 Å². The number of hydrogen-bond acceptors (Lipinski definition) is 3. The molecule has 2 fully saturated rings. The monoisotopic (exact) mass is 241 g/mol. The van der Waals surface area contributed by atoms with Crippen LogP contribution in [0.1, 0.15) is 33.6 Å². The molecule has 1 atom stereocenters. The maximum Gasteiger partial charge on any atom is 0.410 e. The lowest BCUT2D eigenvalue weighted by atomic mass is 9.56. The molecule has 1 aliphatic carbocycles. The second-order valence-electron chi connectivity index (χ2n) is 6.13. The average Bonchev–Trinajstić information content (AvgIpc) is 1.93. The van der Waals surface area contributed by atoms with Crippen molar-refractivity contribution in [3.8, 4) is 0 Å². The van der Waals surface area contributed by atoms with Gasteiger partial charge in [0.2, 0.25) is 0 Å². The van der Waals surface area contributed by atoms with Crippen molar-refractivity contribution in [1.82, 2.24) is 4.90 Å². The highest BCUT2D eigenvalue weighted by atomic mass is 16.6. The summed E-state index contributed by atoms with van der Waals surface area (Å²) in [7, 11) is 0. The van der Waals surface area contributed by atoms with Crippen molar-refractivity contribution in [1.29, 1.82) is 0 Å². The molecular formula is C12H19NO4. The Hall–Kier alpha value is -1.26. The normalized spacial score (nSPS) is 26.1. The highest BCUT2D eigenvalue weighted by Gasteiger charge is 2.59. The predicted octanol–water partition coefficient (Wildman–Crippen LogP) is 1.72. The third-order valence-corrected chi connectivity index (χ3v) is 3.63.